The van der Waals surface area contributed by atoms with Crippen LogP contribution in [0.3, 0.4) is 0 Å². The number of hydrogen-bond acceptors (Lipinski definition) is 3. The van der Waals surface area contributed by atoms with Crippen LogP contribution in [0.2, 0.25) is 0 Å². The Hall–Kier alpha value is -1.84. The molecule has 4 heteroatoms. The van der Waals surface area contributed by atoms with Gasteiger partial charge in [0.25, 0.3) is 0 Å². The molecule has 1 rings (SSSR count). The summed E-state index contributed by atoms with van der Waals surface area (Å²) in [5.74, 6) is -0.329. The highest BCUT2D eigenvalue weighted by atomic mass is 16.5. The van der Waals surface area contributed by atoms with Gasteiger partial charge >= 0.3 is 11.9 Å². The lowest BCUT2D eigenvalue weighted by molar-refractivity contribution is 0.0231. The van der Waals surface area contributed by atoms with Gasteiger partial charge < -0.3 is 9.84 Å². The summed E-state index contributed by atoms with van der Waals surface area (Å²) >= 11 is 0. The summed E-state index contributed by atoms with van der Waals surface area (Å²) in [7, 11) is 0. The van der Waals surface area contributed by atoms with Crippen LogP contribution < -0.4 is 0 Å². The number of esters is 1. The number of hydrogen-bond donors (Lipinski definition) is 1. The molecule has 0 fully saturated rings. The van der Waals surface area contributed by atoms with Gasteiger partial charge in [-0.3, -0.25) is 0 Å². The van der Waals surface area contributed by atoms with Crippen molar-refractivity contribution in [2.75, 3.05) is 0 Å². The van der Waals surface area contributed by atoms with Crippen LogP contribution in [-0.2, 0) is 4.74 Å². The van der Waals surface area contributed by atoms with E-state index in [1.807, 2.05) is 0 Å². The average molecular weight is 433 g/mol. The van der Waals surface area contributed by atoms with Crippen molar-refractivity contribution in [3.05, 3.63) is 35.4 Å². The van der Waals surface area contributed by atoms with Crippen molar-refractivity contribution in [2.24, 2.45) is 17.3 Å². The minimum atomic E-state index is -1.10. The van der Waals surface area contributed by atoms with Crippen molar-refractivity contribution in [1.82, 2.24) is 0 Å². The van der Waals surface area contributed by atoms with Crippen molar-refractivity contribution >= 4 is 11.9 Å². The van der Waals surface area contributed by atoms with E-state index in [1.54, 1.807) is 12.1 Å². The highest BCUT2D eigenvalue weighted by Crippen LogP contribution is 2.28. The zero-order valence-corrected chi connectivity index (χ0v) is 20.6. The summed E-state index contributed by atoms with van der Waals surface area (Å²) in [6.07, 6.45) is 9.52. The summed E-state index contributed by atoms with van der Waals surface area (Å²) in [6, 6.07) is 6.30. The highest BCUT2D eigenvalue weighted by Gasteiger charge is 2.22. The van der Waals surface area contributed by atoms with Gasteiger partial charge in [0.05, 0.1) is 11.1 Å². The Morgan fingerprint density at radius 3 is 2.00 bits per heavy atom. The molecule has 1 N–H and O–H groups in total. The third-order valence-electron chi connectivity index (χ3n) is 5.65. The number of ether oxygens (including phenoxy) is 1. The lowest BCUT2D eigenvalue weighted by atomic mass is 9.83. The normalized spacial score (nSPS) is 13.8. The van der Waals surface area contributed by atoms with E-state index in [2.05, 4.69) is 41.5 Å². The molecule has 1 aromatic rings. The maximum atomic E-state index is 12.8. The molecule has 0 aliphatic carbocycles. The third kappa shape index (κ3) is 11.9. The van der Waals surface area contributed by atoms with E-state index in [4.69, 9.17) is 4.74 Å². The Bertz CT molecular complexity index is 672. The van der Waals surface area contributed by atoms with Gasteiger partial charge in [-0.2, -0.15) is 0 Å². The van der Waals surface area contributed by atoms with Gasteiger partial charge in [0.2, 0.25) is 0 Å². The topological polar surface area (TPSA) is 63.6 Å². The van der Waals surface area contributed by atoms with Crippen molar-refractivity contribution in [1.29, 1.82) is 0 Å². The van der Waals surface area contributed by atoms with E-state index >= 15 is 0 Å². The van der Waals surface area contributed by atoms with Crippen LogP contribution in [0.5, 0.6) is 0 Å². The van der Waals surface area contributed by atoms with Gasteiger partial charge in [-0.1, -0.05) is 79.4 Å². The van der Waals surface area contributed by atoms with E-state index in [9.17, 15) is 14.7 Å². The largest absolute Gasteiger partial charge is 0.478 e. The van der Waals surface area contributed by atoms with Crippen LogP contribution >= 0.6 is 0 Å². The molecule has 0 saturated carbocycles. The monoisotopic (exact) mass is 432 g/mol. The Morgan fingerprint density at radius 1 is 0.871 bits per heavy atom. The predicted molar refractivity (Wildman–Crippen MR) is 128 cm³/mol. The Morgan fingerprint density at radius 2 is 1.45 bits per heavy atom. The second-order valence-electron chi connectivity index (χ2n) is 10.7. The number of carboxylic acid groups (broad SMARTS) is 1. The standard InChI is InChI=1S/C27H44O4/c1-20(2)13-9-7-8-10-14-22(18-17-21(3)19-27(4,5)6)31-26(30)24-16-12-11-15-23(24)25(28)29/h11-12,15-16,20-22H,7-10,13-14,17-19H2,1-6H3,(H,28,29). The lowest BCUT2D eigenvalue weighted by Crippen LogP contribution is -2.22. The lowest BCUT2D eigenvalue weighted by Gasteiger charge is -2.25. The summed E-state index contributed by atoms with van der Waals surface area (Å²) in [5.41, 5.74) is 0.420. The molecule has 0 spiro atoms. The van der Waals surface area contributed by atoms with Crippen molar-refractivity contribution in [3.63, 3.8) is 0 Å². The smallest absolute Gasteiger partial charge is 0.339 e. The highest BCUT2D eigenvalue weighted by molar-refractivity contribution is 6.02. The minimum Gasteiger partial charge on any atom is -0.478 e. The molecule has 0 bridgehead atoms. The molecule has 4 nitrogen and oxygen atoms in total. The molecular weight excluding hydrogens is 388 g/mol. The fraction of sp³-hybridized carbons (Fsp3) is 0.704. The fourth-order valence-corrected chi connectivity index (χ4v) is 4.22. The molecule has 0 aliphatic rings. The Balaban J connectivity index is 2.70. The van der Waals surface area contributed by atoms with E-state index in [-0.39, 0.29) is 22.6 Å². The summed E-state index contributed by atoms with van der Waals surface area (Å²) in [6.45, 7) is 13.5. The Labute approximate surface area is 189 Å². The number of carbonyl (C=O) groups excluding carboxylic acids is 1. The first-order chi connectivity index (χ1) is 14.5. The first-order valence-corrected chi connectivity index (χ1v) is 12.0. The van der Waals surface area contributed by atoms with Crippen LogP contribution in [0.15, 0.2) is 24.3 Å². The molecule has 1 aromatic carbocycles. The molecule has 0 aliphatic heterocycles. The fourth-order valence-electron chi connectivity index (χ4n) is 4.22. The van der Waals surface area contributed by atoms with Crippen LogP contribution in [-0.4, -0.2) is 23.1 Å². The van der Waals surface area contributed by atoms with Gasteiger partial charge in [0, 0.05) is 0 Å². The molecule has 31 heavy (non-hydrogen) atoms. The zero-order chi connectivity index (χ0) is 23.4. The molecule has 0 saturated heterocycles. The average Bonchev–Trinajstić information content (AvgIpc) is 2.66. The minimum absolute atomic E-state index is 0.000959. The zero-order valence-electron chi connectivity index (χ0n) is 20.6. The maximum Gasteiger partial charge on any atom is 0.339 e. The number of carbonyl (C=O) groups is 2. The number of aromatic carboxylic acids is 1. The third-order valence-corrected chi connectivity index (χ3v) is 5.65. The second-order valence-corrected chi connectivity index (χ2v) is 10.7. The van der Waals surface area contributed by atoms with Crippen molar-refractivity contribution in [3.8, 4) is 0 Å². The van der Waals surface area contributed by atoms with Crippen molar-refractivity contribution in [2.45, 2.75) is 105 Å². The number of benzene rings is 1. The molecule has 0 amide bonds. The summed E-state index contributed by atoms with van der Waals surface area (Å²) in [4.78, 5) is 24.3. The van der Waals surface area contributed by atoms with Crippen LogP contribution in [0.25, 0.3) is 0 Å². The first-order valence-electron chi connectivity index (χ1n) is 12.0. The van der Waals surface area contributed by atoms with Gasteiger partial charge in [-0.15, -0.1) is 0 Å². The van der Waals surface area contributed by atoms with E-state index in [1.165, 1.54) is 31.4 Å². The maximum absolute atomic E-state index is 12.8. The number of unbranched alkanes of at least 4 members (excludes halogenated alkanes) is 3. The van der Waals surface area contributed by atoms with Crippen LogP contribution in [0, 0.1) is 17.3 Å². The van der Waals surface area contributed by atoms with Crippen molar-refractivity contribution < 1.29 is 19.4 Å². The molecule has 2 unspecified atom stereocenters. The molecular formula is C27H44O4. The van der Waals surface area contributed by atoms with E-state index in [0.717, 1.165) is 44.4 Å². The van der Waals surface area contributed by atoms with Gasteiger partial charge in [0.15, 0.2) is 0 Å². The predicted octanol–water partition coefficient (Wildman–Crippen LogP) is 7.76. The number of carboxylic acids is 1. The van der Waals surface area contributed by atoms with E-state index in [0.29, 0.717) is 5.92 Å². The quantitative estimate of drug-likeness (QED) is 0.241. The molecule has 0 radical (unpaired) electrons. The molecule has 2 atom stereocenters. The van der Waals surface area contributed by atoms with Gasteiger partial charge in [-0.25, -0.2) is 9.59 Å². The molecule has 176 valence electrons. The molecule has 0 heterocycles. The second kappa shape index (κ2) is 13.5. The van der Waals surface area contributed by atoms with E-state index < -0.39 is 11.9 Å². The van der Waals surface area contributed by atoms with Crippen LogP contribution in [0.4, 0.5) is 0 Å². The summed E-state index contributed by atoms with van der Waals surface area (Å²) in [5, 5.41) is 9.39. The molecule has 0 aromatic heterocycles. The summed E-state index contributed by atoms with van der Waals surface area (Å²) < 4.78 is 5.85. The van der Waals surface area contributed by atoms with Crippen LogP contribution in [0.1, 0.15) is 120 Å². The SMILES string of the molecule is CC(C)CCCCCCC(CCC(C)CC(C)(C)C)OC(=O)c1ccccc1C(=O)O. The number of rotatable bonds is 14. The van der Waals surface area contributed by atoms with Gasteiger partial charge in [0.1, 0.15) is 6.10 Å². The first kappa shape index (κ1) is 27.2. The Kier molecular flexibility index (Phi) is 11.9. The van der Waals surface area contributed by atoms with Gasteiger partial charge in [-0.05, 0) is 61.5 Å².